The van der Waals surface area contributed by atoms with Crippen LogP contribution in [0.15, 0.2) is 22.7 Å². The molecule has 0 atom stereocenters. The van der Waals surface area contributed by atoms with E-state index in [4.69, 9.17) is 4.74 Å². The van der Waals surface area contributed by atoms with E-state index in [0.717, 1.165) is 15.4 Å². The van der Waals surface area contributed by atoms with E-state index in [9.17, 15) is 9.59 Å². The Balaban J connectivity index is 2.08. The van der Waals surface area contributed by atoms with E-state index in [0.29, 0.717) is 5.69 Å². The number of aryl methyl sites for hydroxylation is 1. The number of ether oxygens (including phenoxy) is 1. The van der Waals surface area contributed by atoms with Crippen molar-refractivity contribution >= 4 is 38.8 Å². The van der Waals surface area contributed by atoms with Gasteiger partial charge in [-0.05, 0) is 52.8 Å². The molecule has 0 fully saturated rings. The number of aromatic nitrogens is 2. The van der Waals surface area contributed by atoms with Crippen LogP contribution < -0.4 is 10.6 Å². The number of amides is 2. The van der Waals surface area contributed by atoms with Crippen molar-refractivity contribution in [3.05, 3.63) is 28.4 Å². The topological polar surface area (TPSA) is 85.3 Å². The second-order valence-electron chi connectivity index (χ2n) is 7.83. The van der Waals surface area contributed by atoms with Crippen molar-refractivity contribution in [2.45, 2.75) is 45.8 Å². The molecule has 1 heterocycles. The predicted octanol–water partition coefficient (Wildman–Crippen LogP) is 3.37. The summed E-state index contributed by atoms with van der Waals surface area (Å²) in [4.78, 5) is 24.5. The Morgan fingerprint density at radius 2 is 1.88 bits per heavy atom. The summed E-state index contributed by atoms with van der Waals surface area (Å²) in [7, 11) is 1.79. The van der Waals surface area contributed by atoms with Crippen molar-refractivity contribution < 1.29 is 14.3 Å². The van der Waals surface area contributed by atoms with Gasteiger partial charge >= 0.3 is 6.09 Å². The first-order chi connectivity index (χ1) is 11.9. The van der Waals surface area contributed by atoms with Crippen molar-refractivity contribution in [2.24, 2.45) is 7.05 Å². The summed E-state index contributed by atoms with van der Waals surface area (Å²) in [6.45, 7) is 9.26. The molecule has 1 aromatic carbocycles. The van der Waals surface area contributed by atoms with E-state index >= 15 is 0 Å². The van der Waals surface area contributed by atoms with Crippen LogP contribution in [-0.2, 0) is 11.8 Å². The molecule has 1 aromatic heterocycles. The average Bonchev–Trinajstić information content (AvgIpc) is 2.80. The smallest absolute Gasteiger partial charge is 0.407 e. The highest BCUT2D eigenvalue weighted by atomic mass is 79.9. The maximum Gasteiger partial charge on any atom is 0.407 e. The van der Waals surface area contributed by atoms with Crippen LogP contribution in [0.25, 0.3) is 10.9 Å². The van der Waals surface area contributed by atoms with E-state index in [1.807, 2.05) is 32.0 Å². The number of carbonyl (C=O) groups excluding carboxylic acids is 2. The number of hydrogen-bond acceptors (Lipinski definition) is 4. The number of fused-ring (bicyclic) bond motifs is 1. The molecule has 8 heteroatoms. The molecule has 0 aliphatic carbocycles. The van der Waals surface area contributed by atoms with Crippen molar-refractivity contribution in [3.8, 4) is 0 Å². The lowest BCUT2D eigenvalue weighted by Gasteiger charge is -2.27. The van der Waals surface area contributed by atoms with Gasteiger partial charge in [-0.1, -0.05) is 15.9 Å². The first kappa shape index (κ1) is 20.2. The monoisotopic (exact) mass is 424 g/mol. The Labute approximate surface area is 161 Å². The van der Waals surface area contributed by atoms with Crippen molar-refractivity contribution in [1.29, 1.82) is 0 Å². The van der Waals surface area contributed by atoms with E-state index in [-0.39, 0.29) is 12.5 Å². The van der Waals surface area contributed by atoms with E-state index < -0.39 is 17.2 Å². The Morgan fingerprint density at radius 3 is 2.50 bits per heavy atom. The first-order valence-corrected chi connectivity index (χ1v) is 9.09. The molecule has 26 heavy (non-hydrogen) atoms. The molecule has 2 rings (SSSR count). The molecule has 2 amide bonds. The van der Waals surface area contributed by atoms with Gasteiger partial charge in [0.2, 0.25) is 0 Å². The van der Waals surface area contributed by atoms with Crippen LogP contribution in [-0.4, -0.2) is 39.5 Å². The fraction of sp³-hybridized carbons (Fsp3) is 0.500. The third kappa shape index (κ3) is 5.20. The van der Waals surface area contributed by atoms with Crippen LogP contribution >= 0.6 is 15.9 Å². The van der Waals surface area contributed by atoms with Gasteiger partial charge in [0.25, 0.3) is 5.91 Å². The molecule has 0 unspecified atom stereocenters. The van der Waals surface area contributed by atoms with Gasteiger partial charge in [0, 0.05) is 23.5 Å². The van der Waals surface area contributed by atoms with Gasteiger partial charge in [-0.2, -0.15) is 5.10 Å². The summed E-state index contributed by atoms with van der Waals surface area (Å²) in [5.41, 5.74) is -0.0409. The number of nitrogens with one attached hydrogen (secondary N) is 2. The Bertz CT molecular complexity index is 837. The Morgan fingerprint density at radius 1 is 1.23 bits per heavy atom. The van der Waals surface area contributed by atoms with Gasteiger partial charge < -0.3 is 15.4 Å². The van der Waals surface area contributed by atoms with Crippen molar-refractivity contribution in [2.75, 3.05) is 6.54 Å². The van der Waals surface area contributed by atoms with Gasteiger partial charge in [-0.15, -0.1) is 0 Å². The highest BCUT2D eigenvalue weighted by Gasteiger charge is 2.26. The highest BCUT2D eigenvalue weighted by molar-refractivity contribution is 9.10. The number of rotatable bonds is 4. The number of alkyl carbamates (subject to hydrolysis) is 1. The third-order valence-corrected chi connectivity index (χ3v) is 4.05. The lowest BCUT2D eigenvalue weighted by molar-refractivity contribution is 0.0509. The van der Waals surface area contributed by atoms with Crippen LogP contribution in [0.2, 0.25) is 0 Å². The lowest BCUT2D eigenvalue weighted by Crippen LogP contribution is -2.52. The lowest BCUT2D eigenvalue weighted by atomic mass is 10.1. The first-order valence-electron chi connectivity index (χ1n) is 8.30. The highest BCUT2D eigenvalue weighted by Crippen LogP contribution is 2.22. The molecule has 0 aliphatic rings. The maximum absolute atomic E-state index is 12.7. The molecule has 0 spiro atoms. The van der Waals surface area contributed by atoms with Crippen LogP contribution in [0.5, 0.6) is 0 Å². The van der Waals surface area contributed by atoms with Gasteiger partial charge in [0.15, 0.2) is 5.69 Å². The standard InChI is InChI=1S/C18H25BrN4O3/c1-17(2,3)26-16(25)20-10-18(4,5)21-15(24)14-12-8-7-11(19)9-13(12)23(6)22-14/h7-9H,10H2,1-6H3,(H,20,25)(H,21,24). The van der Waals surface area contributed by atoms with Gasteiger partial charge in [-0.3, -0.25) is 9.48 Å². The van der Waals surface area contributed by atoms with Gasteiger partial charge in [0.1, 0.15) is 5.60 Å². The number of hydrogen-bond donors (Lipinski definition) is 2. The molecule has 142 valence electrons. The summed E-state index contributed by atoms with van der Waals surface area (Å²) in [5, 5.41) is 10.7. The normalized spacial score (nSPS) is 12.1. The maximum atomic E-state index is 12.7. The minimum absolute atomic E-state index is 0.226. The number of carbonyl (C=O) groups is 2. The largest absolute Gasteiger partial charge is 0.444 e. The van der Waals surface area contributed by atoms with Crippen LogP contribution in [0.1, 0.15) is 45.1 Å². The molecule has 2 N–H and O–H groups in total. The Hall–Kier alpha value is -2.09. The molecule has 0 bridgehead atoms. The second kappa shape index (κ2) is 7.26. The SMILES string of the molecule is Cn1nc(C(=O)NC(C)(C)CNC(=O)OC(C)(C)C)c2ccc(Br)cc21. The average molecular weight is 425 g/mol. The number of benzene rings is 1. The summed E-state index contributed by atoms with van der Waals surface area (Å²) < 4.78 is 7.80. The summed E-state index contributed by atoms with van der Waals surface area (Å²) in [6.07, 6.45) is -0.520. The zero-order valence-electron chi connectivity index (χ0n) is 15.9. The summed E-state index contributed by atoms with van der Waals surface area (Å²) in [6, 6.07) is 5.64. The van der Waals surface area contributed by atoms with E-state index in [2.05, 4.69) is 31.7 Å². The van der Waals surface area contributed by atoms with Crippen LogP contribution in [0, 0.1) is 0 Å². The quantitative estimate of drug-likeness (QED) is 0.787. The fourth-order valence-corrected chi connectivity index (χ4v) is 2.77. The number of nitrogens with zero attached hydrogens (tertiary/aromatic N) is 2. The van der Waals surface area contributed by atoms with Crippen molar-refractivity contribution in [3.63, 3.8) is 0 Å². The predicted molar refractivity (Wildman–Crippen MR) is 104 cm³/mol. The van der Waals surface area contributed by atoms with Gasteiger partial charge in [-0.25, -0.2) is 4.79 Å². The molecular formula is C18H25BrN4O3. The van der Waals surface area contributed by atoms with Gasteiger partial charge in [0.05, 0.1) is 11.1 Å². The summed E-state index contributed by atoms with van der Waals surface area (Å²) in [5.74, 6) is -0.297. The minimum Gasteiger partial charge on any atom is -0.444 e. The molecule has 0 radical (unpaired) electrons. The minimum atomic E-state index is -0.673. The zero-order valence-corrected chi connectivity index (χ0v) is 17.5. The van der Waals surface area contributed by atoms with Crippen LogP contribution in [0.4, 0.5) is 4.79 Å². The molecule has 7 nitrogen and oxygen atoms in total. The zero-order chi connectivity index (χ0) is 19.7. The molecule has 0 saturated heterocycles. The fourth-order valence-electron chi connectivity index (χ4n) is 2.42. The third-order valence-electron chi connectivity index (χ3n) is 3.55. The van der Waals surface area contributed by atoms with Crippen LogP contribution in [0.3, 0.4) is 0 Å². The second-order valence-corrected chi connectivity index (χ2v) is 8.74. The molecule has 0 aliphatic heterocycles. The molecular weight excluding hydrogens is 400 g/mol. The van der Waals surface area contributed by atoms with Crippen molar-refractivity contribution in [1.82, 2.24) is 20.4 Å². The molecule has 0 saturated carbocycles. The number of halogens is 1. The summed E-state index contributed by atoms with van der Waals surface area (Å²) >= 11 is 3.42. The van der Waals surface area contributed by atoms with E-state index in [1.165, 1.54) is 0 Å². The van der Waals surface area contributed by atoms with E-state index in [1.54, 1.807) is 32.5 Å². The Kier molecular flexibility index (Phi) is 5.65. The molecule has 2 aromatic rings.